The molecule has 0 spiro atoms. The van der Waals surface area contributed by atoms with Crippen LogP contribution in [-0.4, -0.2) is 27.9 Å². The smallest absolute Gasteiger partial charge is 0.180 e. The van der Waals surface area contributed by atoms with E-state index in [0.29, 0.717) is 4.90 Å². The molecule has 3 nitrogen and oxygen atoms in total. The van der Waals surface area contributed by atoms with Gasteiger partial charge in [0.2, 0.25) is 0 Å². The highest BCUT2D eigenvalue weighted by Gasteiger charge is 2.12. The van der Waals surface area contributed by atoms with Crippen LogP contribution in [0.25, 0.3) is 0 Å². The van der Waals surface area contributed by atoms with Crippen LogP contribution in [0.3, 0.4) is 0 Å². The lowest BCUT2D eigenvalue weighted by atomic mass is 10.2. The molecule has 0 atom stereocenters. The second-order valence-corrected chi connectivity index (χ2v) is 5.23. The number of methoxy groups -OCH3 is 1. The van der Waals surface area contributed by atoms with E-state index in [1.165, 1.54) is 7.11 Å². The fourth-order valence-electron chi connectivity index (χ4n) is 1.06. The lowest BCUT2D eigenvalue weighted by Gasteiger charge is -2.03. The van der Waals surface area contributed by atoms with Crippen molar-refractivity contribution in [3.05, 3.63) is 29.8 Å². The Bertz CT molecular complexity index is 378. The summed E-state index contributed by atoms with van der Waals surface area (Å²) in [5.41, 5.74) is 1.05. The van der Waals surface area contributed by atoms with Gasteiger partial charge in [-0.2, -0.15) is 0 Å². The van der Waals surface area contributed by atoms with E-state index >= 15 is 0 Å². The number of sulfone groups is 1. The average molecular weight is 214 g/mol. The molecule has 78 valence electrons. The molecule has 0 aromatic heterocycles. The van der Waals surface area contributed by atoms with Gasteiger partial charge in [-0.1, -0.05) is 17.7 Å². The Morgan fingerprint density at radius 3 is 2.29 bits per heavy atom. The first-order valence-corrected chi connectivity index (χ1v) is 6.00. The molecule has 0 radical (unpaired) electrons. The molecule has 0 heterocycles. The second kappa shape index (κ2) is 4.57. The minimum absolute atomic E-state index is 0.0343. The molecule has 0 aliphatic carbocycles. The summed E-state index contributed by atoms with van der Waals surface area (Å²) in [6.45, 7) is 2.15. The fourth-order valence-corrected chi connectivity index (χ4v) is 2.23. The van der Waals surface area contributed by atoms with E-state index in [9.17, 15) is 8.42 Å². The van der Waals surface area contributed by atoms with Gasteiger partial charge in [-0.25, -0.2) is 8.42 Å². The first kappa shape index (κ1) is 11.2. The Morgan fingerprint density at radius 2 is 1.79 bits per heavy atom. The Balaban J connectivity index is 2.87. The lowest BCUT2D eigenvalue weighted by molar-refractivity contribution is 0.217. The van der Waals surface area contributed by atoms with E-state index in [2.05, 4.69) is 0 Å². The van der Waals surface area contributed by atoms with Gasteiger partial charge in [0.25, 0.3) is 0 Å². The van der Waals surface area contributed by atoms with Crippen molar-refractivity contribution >= 4 is 9.84 Å². The number of hydrogen-bond donors (Lipinski definition) is 0. The summed E-state index contributed by atoms with van der Waals surface area (Å²) in [5.74, 6) is 0.0343. The predicted octanol–water partition coefficient (Wildman–Crippen LogP) is 1.42. The molecule has 0 amide bonds. The molecule has 0 saturated carbocycles. The molecule has 0 N–H and O–H groups in total. The van der Waals surface area contributed by atoms with Gasteiger partial charge in [-0.15, -0.1) is 0 Å². The quantitative estimate of drug-likeness (QED) is 0.761. The fraction of sp³-hybridized carbons (Fsp3) is 0.400. The van der Waals surface area contributed by atoms with Gasteiger partial charge >= 0.3 is 0 Å². The van der Waals surface area contributed by atoms with Crippen LogP contribution in [0.2, 0.25) is 0 Å². The maximum Gasteiger partial charge on any atom is 0.180 e. The monoisotopic (exact) mass is 214 g/mol. The van der Waals surface area contributed by atoms with Crippen LogP contribution >= 0.6 is 0 Å². The Hall–Kier alpha value is -0.870. The van der Waals surface area contributed by atoms with Crippen molar-refractivity contribution in [2.45, 2.75) is 11.8 Å². The van der Waals surface area contributed by atoms with Gasteiger partial charge < -0.3 is 4.74 Å². The van der Waals surface area contributed by atoms with Crippen LogP contribution < -0.4 is 0 Å². The third-order valence-electron chi connectivity index (χ3n) is 1.94. The molecule has 1 aromatic carbocycles. The number of ether oxygens (including phenoxy) is 1. The van der Waals surface area contributed by atoms with Crippen LogP contribution in [-0.2, 0) is 14.6 Å². The summed E-state index contributed by atoms with van der Waals surface area (Å²) in [4.78, 5) is 0.361. The molecule has 0 aliphatic heterocycles. The van der Waals surface area contributed by atoms with Crippen molar-refractivity contribution < 1.29 is 13.2 Å². The van der Waals surface area contributed by atoms with Crippen LogP contribution in [0, 0.1) is 6.92 Å². The van der Waals surface area contributed by atoms with Gasteiger partial charge in [-0.05, 0) is 19.1 Å². The second-order valence-electron chi connectivity index (χ2n) is 3.12. The molecular weight excluding hydrogens is 200 g/mol. The van der Waals surface area contributed by atoms with Crippen LogP contribution in [0.15, 0.2) is 29.2 Å². The first-order chi connectivity index (χ1) is 6.56. The molecule has 14 heavy (non-hydrogen) atoms. The molecule has 0 aliphatic rings. The normalized spacial score (nSPS) is 11.6. The van der Waals surface area contributed by atoms with Crippen LogP contribution in [0.4, 0.5) is 0 Å². The van der Waals surface area contributed by atoms with Gasteiger partial charge in [-0.3, -0.25) is 0 Å². The van der Waals surface area contributed by atoms with Crippen LogP contribution in [0.5, 0.6) is 0 Å². The third kappa shape index (κ3) is 2.82. The van der Waals surface area contributed by atoms with E-state index in [4.69, 9.17) is 4.74 Å². The van der Waals surface area contributed by atoms with E-state index < -0.39 is 9.84 Å². The number of aryl methyl sites for hydroxylation is 1. The summed E-state index contributed by atoms with van der Waals surface area (Å²) in [7, 11) is -1.67. The summed E-state index contributed by atoms with van der Waals surface area (Å²) < 4.78 is 28.0. The SMILES string of the molecule is COCCS(=O)(=O)c1ccc(C)cc1. The zero-order valence-corrected chi connectivity index (χ0v) is 9.17. The zero-order valence-electron chi connectivity index (χ0n) is 8.36. The molecule has 4 heteroatoms. The van der Waals surface area contributed by atoms with Crippen molar-refractivity contribution in [2.75, 3.05) is 19.5 Å². The standard InChI is InChI=1S/C10H14O3S/c1-9-3-5-10(6-4-9)14(11,12)8-7-13-2/h3-6H,7-8H2,1-2H3. The summed E-state index contributed by atoms with van der Waals surface area (Å²) in [6, 6.07) is 6.83. The van der Waals surface area contributed by atoms with Gasteiger partial charge in [0.05, 0.1) is 17.3 Å². The maximum atomic E-state index is 11.6. The van der Waals surface area contributed by atoms with E-state index in [-0.39, 0.29) is 12.4 Å². The largest absolute Gasteiger partial charge is 0.384 e. The average Bonchev–Trinajstić information content (AvgIpc) is 2.16. The molecule has 1 rings (SSSR count). The Labute approximate surface area is 84.6 Å². The van der Waals surface area contributed by atoms with Gasteiger partial charge in [0, 0.05) is 7.11 Å². The van der Waals surface area contributed by atoms with Crippen molar-refractivity contribution in [1.82, 2.24) is 0 Å². The first-order valence-electron chi connectivity index (χ1n) is 4.34. The van der Waals surface area contributed by atoms with Gasteiger partial charge in [0.1, 0.15) is 0 Å². The molecule has 0 fully saturated rings. The minimum atomic E-state index is -3.16. The lowest BCUT2D eigenvalue weighted by Crippen LogP contribution is -2.11. The highest BCUT2D eigenvalue weighted by Crippen LogP contribution is 2.11. The Morgan fingerprint density at radius 1 is 1.21 bits per heavy atom. The Kier molecular flexibility index (Phi) is 3.66. The van der Waals surface area contributed by atoms with Crippen molar-refractivity contribution in [3.8, 4) is 0 Å². The van der Waals surface area contributed by atoms with Crippen molar-refractivity contribution in [1.29, 1.82) is 0 Å². The maximum absolute atomic E-state index is 11.6. The molecular formula is C10H14O3S. The van der Waals surface area contributed by atoms with E-state index in [1.54, 1.807) is 24.3 Å². The van der Waals surface area contributed by atoms with Crippen molar-refractivity contribution in [3.63, 3.8) is 0 Å². The molecule has 0 unspecified atom stereocenters. The number of rotatable bonds is 4. The number of hydrogen-bond acceptors (Lipinski definition) is 3. The van der Waals surface area contributed by atoms with Crippen molar-refractivity contribution in [2.24, 2.45) is 0 Å². The predicted molar refractivity (Wildman–Crippen MR) is 55.1 cm³/mol. The minimum Gasteiger partial charge on any atom is -0.384 e. The van der Waals surface area contributed by atoms with E-state index in [0.717, 1.165) is 5.56 Å². The summed E-state index contributed by atoms with van der Waals surface area (Å²) in [6.07, 6.45) is 0. The summed E-state index contributed by atoms with van der Waals surface area (Å²) in [5, 5.41) is 0. The summed E-state index contributed by atoms with van der Waals surface area (Å²) >= 11 is 0. The van der Waals surface area contributed by atoms with E-state index in [1.807, 2.05) is 6.92 Å². The molecule has 1 aromatic rings. The third-order valence-corrected chi connectivity index (χ3v) is 3.63. The highest BCUT2D eigenvalue weighted by molar-refractivity contribution is 7.91. The molecule has 0 bridgehead atoms. The van der Waals surface area contributed by atoms with Gasteiger partial charge in [0.15, 0.2) is 9.84 Å². The topological polar surface area (TPSA) is 43.4 Å². The molecule has 0 saturated heterocycles. The zero-order chi connectivity index (χ0) is 10.6. The highest BCUT2D eigenvalue weighted by atomic mass is 32.2. The van der Waals surface area contributed by atoms with Crippen LogP contribution in [0.1, 0.15) is 5.56 Å². The number of benzene rings is 1.